The maximum Gasteiger partial charge on any atom is 0.418 e. The van der Waals surface area contributed by atoms with Crippen molar-refractivity contribution in [3.05, 3.63) is 30.5 Å². The highest BCUT2D eigenvalue weighted by atomic mass is 16.6. The molecule has 0 bridgehead atoms. The molecule has 1 aliphatic heterocycles. The normalized spacial score (nSPS) is 16.0. The Hall–Kier alpha value is -1.97. The number of piperidine rings is 1. The number of ether oxygens (including phenoxy) is 1. The molecular formula is C18H24N2O2. The topological polar surface area (TPSA) is 34.5 Å². The molecule has 1 fully saturated rings. The van der Waals surface area contributed by atoms with E-state index >= 15 is 0 Å². The maximum absolute atomic E-state index is 12.3. The monoisotopic (exact) mass is 300 g/mol. The minimum absolute atomic E-state index is 0.326. The van der Waals surface area contributed by atoms with Gasteiger partial charge in [0.1, 0.15) is 5.60 Å². The van der Waals surface area contributed by atoms with Gasteiger partial charge in [0.25, 0.3) is 0 Å². The third kappa shape index (κ3) is 3.11. The zero-order chi connectivity index (χ0) is 15.7. The van der Waals surface area contributed by atoms with Crippen LogP contribution >= 0.6 is 0 Å². The lowest BCUT2D eigenvalue weighted by Gasteiger charge is -2.28. The zero-order valence-electron chi connectivity index (χ0n) is 13.6. The Kier molecular flexibility index (Phi) is 3.85. The molecule has 0 atom stereocenters. The lowest BCUT2D eigenvalue weighted by atomic mass is 10.1. The standard InChI is InChI=1S/C18H24N2O2/c1-18(2,3)22-17(21)20-12-9-14-13-15(7-8-16(14)20)19-10-5-4-6-11-19/h7-9,12-13H,4-6,10-11H2,1-3H3. The molecule has 0 unspecified atom stereocenters. The average Bonchev–Trinajstić information content (AvgIpc) is 2.89. The van der Waals surface area contributed by atoms with E-state index in [1.165, 1.54) is 24.9 Å². The van der Waals surface area contributed by atoms with Crippen LogP contribution in [0.25, 0.3) is 10.9 Å². The van der Waals surface area contributed by atoms with Gasteiger partial charge in [-0.2, -0.15) is 0 Å². The van der Waals surface area contributed by atoms with Gasteiger partial charge in [0.15, 0.2) is 0 Å². The first kappa shape index (κ1) is 14.9. The van der Waals surface area contributed by atoms with Crippen molar-refractivity contribution in [1.82, 2.24) is 4.57 Å². The quantitative estimate of drug-likeness (QED) is 0.782. The van der Waals surface area contributed by atoms with Gasteiger partial charge in [-0.05, 0) is 64.3 Å². The Morgan fingerprint density at radius 3 is 2.50 bits per heavy atom. The molecule has 22 heavy (non-hydrogen) atoms. The van der Waals surface area contributed by atoms with Crippen LogP contribution in [0, 0.1) is 0 Å². The van der Waals surface area contributed by atoms with Crippen LogP contribution in [-0.4, -0.2) is 29.4 Å². The molecular weight excluding hydrogens is 276 g/mol. The van der Waals surface area contributed by atoms with Gasteiger partial charge in [0.2, 0.25) is 0 Å². The van der Waals surface area contributed by atoms with E-state index in [2.05, 4.69) is 17.0 Å². The Morgan fingerprint density at radius 1 is 1.09 bits per heavy atom. The van der Waals surface area contributed by atoms with Crippen molar-refractivity contribution in [2.75, 3.05) is 18.0 Å². The van der Waals surface area contributed by atoms with E-state index in [1.807, 2.05) is 32.9 Å². The van der Waals surface area contributed by atoms with Crippen molar-refractivity contribution in [3.8, 4) is 0 Å². The molecule has 0 spiro atoms. The number of hydrogen-bond donors (Lipinski definition) is 0. The third-order valence-corrected chi connectivity index (χ3v) is 3.99. The molecule has 1 saturated heterocycles. The number of fused-ring (bicyclic) bond motifs is 1. The Bertz CT molecular complexity index is 676. The van der Waals surface area contributed by atoms with Crippen LogP contribution in [0.5, 0.6) is 0 Å². The summed E-state index contributed by atoms with van der Waals surface area (Å²) >= 11 is 0. The molecule has 0 saturated carbocycles. The molecule has 1 aromatic carbocycles. The number of anilines is 1. The van der Waals surface area contributed by atoms with Gasteiger partial charge in [-0.3, -0.25) is 4.57 Å². The fourth-order valence-corrected chi connectivity index (χ4v) is 2.95. The molecule has 0 N–H and O–H groups in total. The highest BCUT2D eigenvalue weighted by Crippen LogP contribution is 2.26. The second-order valence-corrected chi connectivity index (χ2v) is 6.96. The number of benzene rings is 1. The van der Waals surface area contributed by atoms with Crippen LogP contribution in [-0.2, 0) is 4.74 Å². The van der Waals surface area contributed by atoms with Gasteiger partial charge < -0.3 is 9.64 Å². The van der Waals surface area contributed by atoms with E-state index in [-0.39, 0.29) is 6.09 Å². The highest BCUT2D eigenvalue weighted by Gasteiger charge is 2.19. The summed E-state index contributed by atoms with van der Waals surface area (Å²) in [4.78, 5) is 14.7. The number of carbonyl (C=O) groups is 1. The summed E-state index contributed by atoms with van der Waals surface area (Å²) in [5.74, 6) is 0. The molecule has 4 heteroatoms. The molecule has 1 aliphatic rings. The Balaban J connectivity index is 1.87. The van der Waals surface area contributed by atoms with E-state index in [4.69, 9.17) is 4.74 Å². The van der Waals surface area contributed by atoms with Gasteiger partial charge in [-0.15, -0.1) is 0 Å². The second-order valence-electron chi connectivity index (χ2n) is 6.96. The van der Waals surface area contributed by atoms with Crippen LogP contribution in [0.1, 0.15) is 40.0 Å². The Labute approximate surface area is 131 Å². The molecule has 1 aromatic heterocycles. The summed E-state index contributed by atoms with van der Waals surface area (Å²) in [7, 11) is 0. The van der Waals surface area contributed by atoms with Crippen molar-refractivity contribution in [2.45, 2.75) is 45.6 Å². The second kappa shape index (κ2) is 5.67. The molecule has 0 radical (unpaired) electrons. The van der Waals surface area contributed by atoms with E-state index in [9.17, 15) is 4.79 Å². The summed E-state index contributed by atoms with van der Waals surface area (Å²) in [5, 5.41) is 1.08. The van der Waals surface area contributed by atoms with E-state index < -0.39 is 5.60 Å². The van der Waals surface area contributed by atoms with E-state index in [0.717, 1.165) is 24.0 Å². The number of aromatic nitrogens is 1. The van der Waals surface area contributed by atoms with Crippen molar-refractivity contribution in [3.63, 3.8) is 0 Å². The van der Waals surface area contributed by atoms with E-state index in [1.54, 1.807) is 10.8 Å². The molecule has 118 valence electrons. The van der Waals surface area contributed by atoms with Crippen LogP contribution in [0.2, 0.25) is 0 Å². The first-order valence-electron chi connectivity index (χ1n) is 8.03. The summed E-state index contributed by atoms with van der Waals surface area (Å²) in [6, 6.07) is 8.27. The molecule has 0 amide bonds. The average molecular weight is 300 g/mol. The Morgan fingerprint density at radius 2 is 1.82 bits per heavy atom. The number of hydrogen-bond acceptors (Lipinski definition) is 3. The van der Waals surface area contributed by atoms with Crippen molar-refractivity contribution < 1.29 is 9.53 Å². The lowest BCUT2D eigenvalue weighted by Crippen LogP contribution is -2.29. The summed E-state index contributed by atoms with van der Waals surface area (Å²) < 4.78 is 7.03. The number of nitrogens with zero attached hydrogens (tertiary/aromatic N) is 2. The minimum atomic E-state index is -0.485. The van der Waals surface area contributed by atoms with Crippen molar-refractivity contribution in [1.29, 1.82) is 0 Å². The fourth-order valence-electron chi connectivity index (χ4n) is 2.95. The number of rotatable bonds is 1. The SMILES string of the molecule is CC(C)(C)OC(=O)n1ccc2cc(N3CCCCC3)ccc21. The van der Waals surface area contributed by atoms with E-state index in [0.29, 0.717) is 0 Å². The summed E-state index contributed by atoms with van der Waals surface area (Å²) in [6.07, 6.45) is 5.31. The largest absolute Gasteiger partial charge is 0.443 e. The summed E-state index contributed by atoms with van der Waals surface area (Å²) in [6.45, 7) is 7.89. The maximum atomic E-state index is 12.3. The highest BCUT2D eigenvalue weighted by molar-refractivity contribution is 5.91. The molecule has 2 heterocycles. The third-order valence-electron chi connectivity index (χ3n) is 3.99. The van der Waals surface area contributed by atoms with Gasteiger partial charge in [-0.1, -0.05) is 0 Å². The van der Waals surface area contributed by atoms with Crippen LogP contribution in [0.3, 0.4) is 0 Å². The smallest absolute Gasteiger partial charge is 0.418 e. The van der Waals surface area contributed by atoms with Crippen molar-refractivity contribution >= 4 is 22.7 Å². The van der Waals surface area contributed by atoms with Crippen LogP contribution in [0.15, 0.2) is 30.5 Å². The molecule has 0 aliphatic carbocycles. The first-order valence-corrected chi connectivity index (χ1v) is 8.03. The van der Waals surface area contributed by atoms with Crippen LogP contribution < -0.4 is 4.90 Å². The van der Waals surface area contributed by atoms with Gasteiger partial charge in [0, 0.05) is 30.4 Å². The lowest BCUT2D eigenvalue weighted by molar-refractivity contribution is 0.0544. The molecule has 3 rings (SSSR count). The first-order chi connectivity index (χ1) is 10.4. The van der Waals surface area contributed by atoms with Gasteiger partial charge in [-0.25, -0.2) is 4.79 Å². The molecule has 2 aromatic rings. The predicted octanol–water partition coefficient (Wildman–Crippen LogP) is 4.41. The number of carbonyl (C=O) groups excluding carboxylic acids is 1. The fraction of sp³-hybridized carbons (Fsp3) is 0.500. The molecule has 4 nitrogen and oxygen atoms in total. The zero-order valence-corrected chi connectivity index (χ0v) is 13.6. The predicted molar refractivity (Wildman–Crippen MR) is 89.6 cm³/mol. The summed E-state index contributed by atoms with van der Waals surface area (Å²) in [5.41, 5.74) is 1.66. The minimum Gasteiger partial charge on any atom is -0.443 e. The van der Waals surface area contributed by atoms with Gasteiger partial charge in [0.05, 0.1) is 5.52 Å². The van der Waals surface area contributed by atoms with Crippen molar-refractivity contribution in [2.24, 2.45) is 0 Å². The van der Waals surface area contributed by atoms with Gasteiger partial charge >= 0.3 is 6.09 Å². The van der Waals surface area contributed by atoms with Crippen LogP contribution in [0.4, 0.5) is 10.5 Å².